The molecule has 34 heavy (non-hydrogen) atoms. The average Bonchev–Trinajstić information content (AvgIpc) is 2.86. The third-order valence-electron chi connectivity index (χ3n) is 5.82. The third kappa shape index (κ3) is 4.52. The number of benzene rings is 4. The van der Waals surface area contributed by atoms with Crippen molar-refractivity contribution in [2.45, 2.75) is 19.4 Å². The van der Waals surface area contributed by atoms with Crippen LogP contribution in [0.25, 0.3) is 33.1 Å². The number of ether oxygens (including phenoxy) is 1. The molecule has 1 aromatic heterocycles. The Morgan fingerprint density at radius 3 is 2.35 bits per heavy atom. The molecule has 0 radical (unpaired) electrons. The van der Waals surface area contributed by atoms with Crippen LogP contribution in [-0.4, -0.2) is 16.2 Å². The van der Waals surface area contributed by atoms with Crippen molar-refractivity contribution in [2.24, 2.45) is 0 Å². The monoisotopic (exact) mass is 488 g/mol. The molecule has 0 aliphatic rings. The summed E-state index contributed by atoms with van der Waals surface area (Å²) in [5, 5.41) is 3.93. The lowest BCUT2D eigenvalue weighted by molar-refractivity contribution is 0.306. The highest BCUT2D eigenvalue weighted by molar-refractivity contribution is 6.33. The zero-order valence-electron chi connectivity index (χ0n) is 18.4. The summed E-state index contributed by atoms with van der Waals surface area (Å²) >= 11 is 12.5. The summed E-state index contributed by atoms with van der Waals surface area (Å²) in [4.78, 5) is 18.1. The van der Waals surface area contributed by atoms with Gasteiger partial charge in [0.15, 0.2) is 0 Å². The van der Waals surface area contributed by atoms with Crippen molar-refractivity contribution in [3.8, 4) is 17.1 Å². The van der Waals surface area contributed by atoms with E-state index in [9.17, 15) is 4.79 Å². The number of nitrogens with zero attached hydrogens (tertiary/aromatic N) is 2. The predicted molar refractivity (Wildman–Crippen MR) is 140 cm³/mol. The number of para-hydroxylation sites is 1. The Morgan fingerprint density at radius 2 is 1.53 bits per heavy atom. The summed E-state index contributed by atoms with van der Waals surface area (Å²) in [6.45, 7) is 1.03. The summed E-state index contributed by atoms with van der Waals surface area (Å²) in [7, 11) is 0. The van der Waals surface area contributed by atoms with Crippen molar-refractivity contribution in [3.63, 3.8) is 0 Å². The molecule has 0 aliphatic heterocycles. The quantitative estimate of drug-likeness (QED) is 0.224. The van der Waals surface area contributed by atoms with Crippen LogP contribution in [0.5, 0.6) is 5.75 Å². The van der Waals surface area contributed by atoms with Crippen LogP contribution >= 0.6 is 23.2 Å². The second-order valence-corrected chi connectivity index (χ2v) is 8.91. The van der Waals surface area contributed by atoms with Crippen molar-refractivity contribution in [2.75, 3.05) is 6.61 Å². The van der Waals surface area contributed by atoms with Gasteiger partial charge in [-0.05, 0) is 60.7 Å². The van der Waals surface area contributed by atoms with E-state index in [0.29, 0.717) is 45.7 Å². The van der Waals surface area contributed by atoms with Crippen LogP contribution in [0.4, 0.5) is 0 Å². The molecule has 0 atom stereocenters. The number of unbranched alkanes of at least 4 members (excludes halogenated alkanes) is 1. The number of hydrogen-bond donors (Lipinski definition) is 0. The lowest BCUT2D eigenvalue weighted by atomic mass is 10.1. The van der Waals surface area contributed by atoms with Gasteiger partial charge in [-0.1, -0.05) is 65.7 Å². The smallest absolute Gasteiger partial charge is 0.261 e. The first-order valence-corrected chi connectivity index (χ1v) is 11.9. The summed E-state index contributed by atoms with van der Waals surface area (Å²) in [5.74, 6) is 1.34. The minimum Gasteiger partial charge on any atom is -0.491 e. The Balaban J connectivity index is 1.36. The van der Waals surface area contributed by atoms with Gasteiger partial charge in [-0.25, -0.2) is 4.98 Å². The van der Waals surface area contributed by atoms with Crippen molar-refractivity contribution in [1.29, 1.82) is 0 Å². The van der Waals surface area contributed by atoms with Gasteiger partial charge in [-0.15, -0.1) is 0 Å². The van der Waals surface area contributed by atoms with Crippen molar-refractivity contribution in [3.05, 3.63) is 105 Å². The second kappa shape index (κ2) is 9.88. The maximum atomic E-state index is 13.3. The topological polar surface area (TPSA) is 44.1 Å². The molecule has 1 heterocycles. The van der Waals surface area contributed by atoms with Crippen LogP contribution in [0.2, 0.25) is 10.0 Å². The van der Waals surface area contributed by atoms with Crippen LogP contribution < -0.4 is 10.3 Å². The fourth-order valence-corrected chi connectivity index (χ4v) is 4.45. The van der Waals surface area contributed by atoms with E-state index >= 15 is 0 Å². The van der Waals surface area contributed by atoms with E-state index in [4.69, 9.17) is 32.9 Å². The van der Waals surface area contributed by atoms with Gasteiger partial charge in [-0.3, -0.25) is 9.36 Å². The van der Waals surface area contributed by atoms with Crippen molar-refractivity contribution < 1.29 is 4.74 Å². The largest absolute Gasteiger partial charge is 0.491 e. The summed E-state index contributed by atoms with van der Waals surface area (Å²) < 4.78 is 7.81. The maximum absolute atomic E-state index is 13.3. The number of fused-ring (bicyclic) bond motifs is 2. The Kier molecular flexibility index (Phi) is 6.52. The average molecular weight is 489 g/mol. The van der Waals surface area contributed by atoms with E-state index in [1.165, 1.54) is 0 Å². The van der Waals surface area contributed by atoms with Crippen molar-refractivity contribution in [1.82, 2.24) is 9.55 Å². The highest BCUT2D eigenvalue weighted by atomic mass is 35.5. The zero-order chi connectivity index (χ0) is 23.5. The number of hydrogen-bond acceptors (Lipinski definition) is 3. The fourth-order valence-electron chi connectivity index (χ4n) is 4.10. The van der Waals surface area contributed by atoms with E-state index in [1.54, 1.807) is 4.57 Å². The molecule has 0 fully saturated rings. The molecule has 0 unspecified atom stereocenters. The fraction of sp³-hybridized carbons (Fsp3) is 0.143. The molecular weight excluding hydrogens is 467 g/mol. The summed E-state index contributed by atoms with van der Waals surface area (Å²) in [6, 6.07) is 26.7. The normalized spacial score (nSPS) is 11.2. The Labute approximate surface area is 207 Å². The van der Waals surface area contributed by atoms with Gasteiger partial charge >= 0.3 is 0 Å². The van der Waals surface area contributed by atoms with Gasteiger partial charge in [0, 0.05) is 22.5 Å². The molecule has 0 spiro atoms. The SMILES string of the molecule is O=c1c2ccccc2nc(-c2ccc(Cl)cc2)n1CCCCOc1c(Cl)ccc2ccccc12. The van der Waals surface area contributed by atoms with Crippen LogP contribution in [0, 0.1) is 0 Å². The minimum absolute atomic E-state index is 0.0476. The van der Waals surface area contributed by atoms with Crippen LogP contribution in [0.1, 0.15) is 12.8 Å². The standard InChI is InChI=1S/C28H22Cl2N2O2/c29-21-14-11-20(12-15-21)27-31-25-10-4-3-9-23(25)28(33)32(27)17-5-6-18-34-26-22-8-2-1-7-19(22)13-16-24(26)30/h1-4,7-16H,5-6,17-18H2. The van der Waals surface area contributed by atoms with Gasteiger partial charge in [-0.2, -0.15) is 0 Å². The van der Waals surface area contributed by atoms with Gasteiger partial charge in [0.1, 0.15) is 11.6 Å². The van der Waals surface area contributed by atoms with Gasteiger partial charge < -0.3 is 4.74 Å². The molecule has 0 bridgehead atoms. The van der Waals surface area contributed by atoms with Crippen molar-refractivity contribution >= 4 is 44.9 Å². The molecule has 6 heteroatoms. The molecule has 170 valence electrons. The van der Waals surface area contributed by atoms with E-state index < -0.39 is 0 Å². The lowest BCUT2D eigenvalue weighted by Crippen LogP contribution is -2.24. The first-order valence-electron chi connectivity index (χ1n) is 11.2. The van der Waals surface area contributed by atoms with Gasteiger partial charge in [0.05, 0.1) is 22.5 Å². The van der Waals surface area contributed by atoms with E-state index in [1.807, 2.05) is 84.9 Å². The summed E-state index contributed by atoms with van der Waals surface area (Å²) in [6.07, 6.45) is 1.52. The zero-order valence-corrected chi connectivity index (χ0v) is 19.9. The first-order chi connectivity index (χ1) is 16.6. The molecule has 4 aromatic carbocycles. The molecule has 5 aromatic rings. The van der Waals surface area contributed by atoms with Crippen LogP contribution in [0.15, 0.2) is 89.7 Å². The maximum Gasteiger partial charge on any atom is 0.261 e. The first kappa shape index (κ1) is 22.5. The molecule has 5 rings (SSSR count). The van der Waals surface area contributed by atoms with E-state index in [2.05, 4.69) is 0 Å². The van der Waals surface area contributed by atoms with E-state index in [0.717, 1.165) is 29.2 Å². The highest BCUT2D eigenvalue weighted by Crippen LogP contribution is 2.33. The Morgan fingerprint density at radius 1 is 0.794 bits per heavy atom. The molecule has 0 saturated heterocycles. The Bertz CT molecular complexity index is 1530. The van der Waals surface area contributed by atoms with Crippen LogP contribution in [-0.2, 0) is 6.54 Å². The second-order valence-electron chi connectivity index (χ2n) is 8.07. The molecule has 0 aliphatic carbocycles. The molecule has 0 saturated carbocycles. The highest BCUT2D eigenvalue weighted by Gasteiger charge is 2.13. The lowest BCUT2D eigenvalue weighted by Gasteiger charge is -2.15. The summed E-state index contributed by atoms with van der Waals surface area (Å²) in [5.41, 5.74) is 1.49. The van der Waals surface area contributed by atoms with Crippen LogP contribution in [0.3, 0.4) is 0 Å². The molecule has 0 N–H and O–H groups in total. The Hall–Kier alpha value is -3.34. The van der Waals surface area contributed by atoms with Gasteiger partial charge in [0.2, 0.25) is 0 Å². The number of aromatic nitrogens is 2. The number of rotatable bonds is 7. The van der Waals surface area contributed by atoms with Gasteiger partial charge in [0.25, 0.3) is 5.56 Å². The van der Waals surface area contributed by atoms with E-state index in [-0.39, 0.29) is 5.56 Å². The minimum atomic E-state index is -0.0476. The predicted octanol–water partition coefficient (Wildman–Crippen LogP) is 7.38. The molecule has 0 amide bonds. The third-order valence-corrected chi connectivity index (χ3v) is 6.37. The number of halogens is 2. The molecular formula is C28H22Cl2N2O2. The molecule has 4 nitrogen and oxygen atoms in total.